The number of nitrogens with one attached hydrogen (secondary N) is 1. The van der Waals surface area contributed by atoms with Gasteiger partial charge in [-0.1, -0.05) is 118 Å². The number of benzene rings is 3. The minimum atomic E-state index is 0.210. The topological polar surface area (TPSA) is 29.9 Å². The van der Waals surface area contributed by atoms with E-state index >= 15 is 0 Å². The fourth-order valence-electron chi connectivity index (χ4n) is 4.17. The summed E-state index contributed by atoms with van der Waals surface area (Å²) in [7, 11) is 0. The van der Waals surface area contributed by atoms with Crippen molar-refractivity contribution in [1.29, 1.82) is 0 Å². The van der Waals surface area contributed by atoms with Crippen molar-refractivity contribution in [3.05, 3.63) is 143 Å². The Bertz CT molecular complexity index is 1420. The molecule has 0 aliphatic carbocycles. The van der Waals surface area contributed by atoms with Crippen LogP contribution in [0.25, 0.3) is 11.4 Å². The number of allylic oxidation sites excluding steroid dienone is 3. The Hall–Kier alpha value is -3.83. The second-order valence-electron chi connectivity index (χ2n) is 9.60. The van der Waals surface area contributed by atoms with E-state index in [0.717, 1.165) is 41.1 Å². The highest BCUT2D eigenvalue weighted by molar-refractivity contribution is 7.94. The molecule has 3 nitrogen and oxygen atoms in total. The Morgan fingerprint density at radius 2 is 1.56 bits per heavy atom. The molecule has 0 atom stereocenters. The molecule has 4 rings (SSSR count). The molecule has 3 aromatic carbocycles. The van der Waals surface area contributed by atoms with Crippen LogP contribution in [0.5, 0.6) is 0 Å². The van der Waals surface area contributed by atoms with Gasteiger partial charge in [-0.3, -0.25) is 0 Å². The molecule has 0 unspecified atom stereocenters. The summed E-state index contributed by atoms with van der Waals surface area (Å²) < 4.78 is 14.9. The van der Waals surface area contributed by atoms with E-state index in [0.29, 0.717) is 11.4 Å². The average molecular weight is 570 g/mol. The van der Waals surface area contributed by atoms with Crippen molar-refractivity contribution in [3.63, 3.8) is 0 Å². The zero-order valence-corrected chi connectivity index (χ0v) is 26.2. The van der Waals surface area contributed by atoms with Gasteiger partial charge in [0, 0.05) is 6.54 Å². The first kappa shape index (κ1) is 33.4. The van der Waals surface area contributed by atoms with E-state index in [1.807, 2.05) is 52.0 Å². The molecule has 0 aliphatic rings. The van der Waals surface area contributed by atoms with E-state index in [4.69, 9.17) is 0 Å². The summed E-state index contributed by atoms with van der Waals surface area (Å²) in [4.78, 5) is 0.507. The first-order chi connectivity index (χ1) is 19.8. The molecular formula is C36H44FN3S. The number of hydrogen-bond acceptors (Lipinski definition) is 3. The third-order valence-corrected chi connectivity index (χ3v) is 6.87. The summed E-state index contributed by atoms with van der Waals surface area (Å²) in [5.74, 6) is 0.762. The molecule has 1 N–H and O–H groups in total. The molecule has 0 amide bonds. The minimum absolute atomic E-state index is 0.210. The Kier molecular flexibility index (Phi) is 14.5. The van der Waals surface area contributed by atoms with Crippen LogP contribution in [-0.4, -0.2) is 9.78 Å². The molecular weight excluding hydrogens is 525 g/mol. The molecule has 0 bridgehead atoms. The van der Waals surface area contributed by atoms with Gasteiger partial charge in [0.05, 0.1) is 28.9 Å². The first-order valence-corrected chi connectivity index (χ1v) is 14.8. The van der Waals surface area contributed by atoms with Crippen LogP contribution in [0.1, 0.15) is 61.2 Å². The van der Waals surface area contributed by atoms with Crippen molar-refractivity contribution < 1.29 is 3.89 Å². The molecule has 0 spiro atoms. The van der Waals surface area contributed by atoms with Crippen LogP contribution in [-0.2, 0) is 19.4 Å². The van der Waals surface area contributed by atoms with Gasteiger partial charge in [-0.2, -0.15) is 8.98 Å². The van der Waals surface area contributed by atoms with E-state index in [1.165, 1.54) is 22.3 Å². The van der Waals surface area contributed by atoms with Crippen LogP contribution in [0.15, 0.2) is 115 Å². The number of aromatic nitrogens is 2. The maximum Gasteiger partial charge on any atom is 0.128 e. The van der Waals surface area contributed by atoms with Crippen LogP contribution in [0.2, 0.25) is 0 Å². The maximum atomic E-state index is 13.2. The monoisotopic (exact) mass is 569 g/mol. The molecule has 0 aliphatic heterocycles. The minimum Gasteiger partial charge on any atom is -0.366 e. The maximum absolute atomic E-state index is 13.2. The fraction of sp³-hybridized carbons (Fsp3) is 0.250. The highest BCUT2D eigenvalue weighted by Crippen LogP contribution is 2.26. The van der Waals surface area contributed by atoms with E-state index in [1.54, 1.807) is 10.9 Å². The van der Waals surface area contributed by atoms with Gasteiger partial charge in [0.1, 0.15) is 5.82 Å². The van der Waals surface area contributed by atoms with Gasteiger partial charge < -0.3 is 5.32 Å². The van der Waals surface area contributed by atoms with Crippen LogP contribution in [0.4, 0.5) is 3.89 Å². The predicted molar refractivity (Wildman–Crippen MR) is 177 cm³/mol. The largest absolute Gasteiger partial charge is 0.366 e. The molecule has 0 saturated carbocycles. The van der Waals surface area contributed by atoms with Crippen molar-refractivity contribution >= 4 is 23.5 Å². The van der Waals surface area contributed by atoms with Crippen molar-refractivity contribution in [2.24, 2.45) is 0 Å². The number of aryl methyl sites for hydroxylation is 2. The first-order valence-electron chi connectivity index (χ1n) is 14.1. The molecule has 41 heavy (non-hydrogen) atoms. The van der Waals surface area contributed by atoms with Crippen molar-refractivity contribution in [1.82, 2.24) is 15.1 Å². The number of hydrogen-bond donors (Lipinski definition) is 1. The standard InChI is InChI=1S/C24H26FN3S.C10H12.C2H6/c1-5-20-10-8-11-21(14-20)15-26-24(28-19(4)23(29-25)16-27-28)13-18(3)22-12-7-6-9-17(22)2;1-9(2)8-10-6-4-3-5-7-10;1-2/h6-14,16,26H,3,5,15H2,1-2,4H3;3-7H,1,8H2,2H3;1-2H3/b24-13-;;. The zero-order chi connectivity index (χ0) is 30.2. The quantitative estimate of drug-likeness (QED) is 0.152. The predicted octanol–water partition coefficient (Wildman–Crippen LogP) is 10.2. The summed E-state index contributed by atoms with van der Waals surface area (Å²) in [6, 6.07) is 27.0. The number of nitrogens with zero attached hydrogens (tertiary/aromatic N) is 2. The van der Waals surface area contributed by atoms with E-state index in [-0.39, 0.29) is 12.1 Å². The molecule has 0 radical (unpaired) electrons. The van der Waals surface area contributed by atoms with Gasteiger partial charge in [-0.15, -0.1) is 0 Å². The van der Waals surface area contributed by atoms with Crippen LogP contribution >= 0.6 is 12.1 Å². The Labute approximate surface area is 251 Å². The van der Waals surface area contributed by atoms with Crippen molar-refractivity contribution in [3.8, 4) is 0 Å². The lowest BCUT2D eigenvalue weighted by atomic mass is 10.0. The lowest BCUT2D eigenvalue weighted by molar-refractivity contribution is 0.754. The summed E-state index contributed by atoms with van der Waals surface area (Å²) in [6.45, 7) is 20.9. The number of rotatable bonds is 10. The second-order valence-corrected chi connectivity index (χ2v) is 10.2. The van der Waals surface area contributed by atoms with Gasteiger partial charge in [0.15, 0.2) is 0 Å². The van der Waals surface area contributed by atoms with Crippen LogP contribution in [0.3, 0.4) is 0 Å². The van der Waals surface area contributed by atoms with Crippen molar-refractivity contribution in [2.75, 3.05) is 0 Å². The molecule has 1 heterocycles. The SMILES string of the molecule is C=C(/C=C(/NCc1cccc(CC)c1)n1ncc(SF)c1C)c1ccccc1C.C=C(C)Cc1ccccc1.CC. The van der Waals surface area contributed by atoms with E-state index in [2.05, 4.69) is 98.1 Å². The van der Waals surface area contributed by atoms with E-state index in [9.17, 15) is 3.89 Å². The Morgan fingerprint density at radius 1 is 0.927 bits per heavy atom. The van der Waals surface area contributed by atoms with Gasteiger partial charge in [-0.25, -0.2) is 4.68 Å². The average Bonchev–Trinajstić information content (AvgIpc) is 3.37. The lowest BCUT2D eigenvalue weighted by Crippen LogP contribution is -2.19. The zero-order valence-electron chi connectivity index (χ0n) is 25.4. The smallest absolute Gasteiger partial charge is 0.128 e. The normalized spacial score (nSPS) is 10.6. The van der Waals surface area contributed by atoms with Gasteiger partial charge in [0.2, 0.25) is 0 Å². The third kappa shape index (κ3) is 10.6. The molecule has 0 fully saturated rings. The molecule has 0 saturated heterocycles. The highest BCUT2D eigenvalue weighted by atomic mass is 32.2. The molecule has 4 aromatic rings. The number of halogens is 1. The lowest BCUT2D eigenvalue weighted by Gasteiger charge is -2.15. The Morgan fingerprint density at radius 3 is 2.17 bits per heavy atom. The van der Waals surface area contributed by atoms with Gasteiger partial charge in [-0.05, 0) is 73.1 Å². The fourth-order valence-corrected chi connectivity index (χ4v) is 4.46. The van der Waals surface area contributed by atoms with Crippen molar-refractivity contribution in [2.45, 2.75) is 65.8 Å². The summed E-state index contributed by atoms with van der Waals surface area (Å²) in [5, 5.41) is 7.86. The Balaban J connectivity index is 0.000000410. The van der Waals surface area contributed by atoms with Gasteiger partial charge in [0.25, 0.3) is 0 Å². The molecule has 5 heteroatoms. The van der Waals surface area contributed by atoms with Crippen LogP contribution in [0, 0.1) is 13.8 Å². The molecule has 1 aromatic heterocycles. The van der Waals surface area contributed by atoms with E-state index < -0.39 is 0 Å². The summed E-state index contributed by atoms with van der Waals surface area (Å²) in [6.07, 6.45) is 5.51. The highest BCUT2D eigenvalue weighted by Gasteiger charge is 2.12. The molecule has 216 valence electrons. The van der Waals surface area contributed by atoms with Crippen LogP contribution < -0.4 is 5.32 Å². The summed E-state index contributed by atoms with van der Waals surface area (Å²) >= 11 is 0.210. The third-order valence-electron chi connectivity index (χ3n) is 6.30. The summed E-state index contributed by atoms with van der Waals surface area (Å²) in [5.41, 5.74) is 8.88. The van der Waals surface area contributed by atoms with Gasteiger partial charge >= 0.3 is 0 Å². The second kappa shape index (κ2) is 17.8.